The molecule has 1 aliphatic rings. The molecule has 3 amide bonds. The summed E-state index contributed by atoms with van der Waals surface area (Å²) >= 11 is 0. The highest BCUT2D eigenvalue weighted by atomic mass is 16.5. The van der Waals surface area contributed by atoms with Crippen LogP contribution in [-0.4, -0.2) is 51.8 Å². The summed E-state index contributed by atoms with van der Waals surface area (Å²) in [6.45, 7) is 9.64. The first kappa shape index (κ1) is 26.9. The number of ether oxygens (including phenoxy) is 1. The van der Waals surface area contributed by atoms with Crippen molar-refractivity contribution in [3.05, 3.63) is 77.4 Å². The Kier molecular flexibility index (Phi) is 8.73. The Balaban J connectivity index is 1.51. The number of piperazine rings is 1. The van der Waals surface area contributed by atoms with E-state index in [1.807, 2.05) is 69.3 Å². The summed E-state index contributed by atoms with van der Waals surface area (Å²) in [6, 6.07) is 19.1. The SMILES string of the molecule is CCCNC(=O)c1cc(NC(=O)Nc2c(C)cccc2C)ccc1N1CCN(c2ccccc2OC)CC1. The number of nitrogens with one attached hydrogen (secondary N) is 3. The van der Waals surface area contributed by atoms with Crippen molar-refractivity contribution in [3.63, 3.8) is 0 Å². The van der Waals surface area contributed by atoms with E-state index in [2.05, 4.69) is 31.8 Å². The Hall–Kier alpha value is -4.20. The second-order valence-corrected chi connectivity index (χ2v) is 9.48. The number of nitrogens with zero attached hydrogens (tertiary/aromatic N) is 2. The molecule has 1 saturated heterocycles. The van der Waals surface area contributed by atoms with Gasteiger partial charge in [0, 0.05) is 49.8 Å². The fourth-order valence-electron chi connectivity index (χ4n) is 4.77. The predicted molar refractivity (Wildman–Crippen MR) is 155 cm³/mol. The first-order chi connectivity index (χ1) is 18.4. The van der Waals surface area contributed by atoms with Crippen LogP contribution in [0.5, 0.6) is 5.75 Å². The van der Waals surface area contributed by atoms with Crippen LogP contribution >= 0.6 is 0 Å². The number of methoxy groups -OCH3 is 1. The zero-order valence-electron chi connectivity index (χ0n) is 22.6. The van der Waals surface area contributed by atoms with Gasteiger partial charge >= 0.3 is 6.03 Å². The molecule has 8 heteroatoms. The summed E-state index contributed by atoms with van der Waals surface area (Å²) in [4.78, 5) is 30.5. The van der Waals surface area contributed by atoms with Crippen LogP contribution in [0.4, 0.5) is 27.5 Å². The highest BCUT2D eigenvalue weighted by molar-refractivity contribution is 6.04. The van der Waals surface area contributed by atoms with Gasteiger partial charge in [-0.2, -0.15) is 0 Å². The zero-order valence-corrected chi connectivity index (χ0v) is 22.6. The molecule has 1 aliphatic heterocycles. The molecule has 0 aromatic heterocycles. The summed E-state index contributed by atoms with van der Waals surface area (Å²) in [7, 11) is 1.69. The first-order valence-corrected chi connectivity index (χ1v) is 13.1. The molecule has 0 bridgehead atoms. The topological polar surface area (TPSA) is 85.9 Å². The molecule has 8 nitrogen and oxygen atoms in total. The Morgan fingerprint density at radius 2 is 1.50 bits per heavy atom. The van der Waals surface area contributed by atoms with Gasteiger partial charge in [-0.1, -0.05) is 37.3 Å². The van der Waals surface area contributed by atoms with Gasteiger partial charge in [0.15, 0.2) is 0 Å². The minimum atomic E-state index is -0.347. The summed E-state index contributed by atoms with van der Waals surface area (Å²) in [5.41, 5.74) is 5.81. The van der Waals surface area contributed by atoms with Crippen molar-refractivity contribution < 1.29 is 14.3 Å². The molecule has 3 N–H and O–H groups in total. The second kappa shape index (κ2) is 12.4. The zero-order chi connectivity index (χ0) is 27.1. The fourth-order valence-corrected chi connectivity index (χ4v) is 4.77. The Morgan fingerprint density at radius 1 is 0.842 bits per heavy atom. The molecule has 0 radical (unpaired) electrons. The summed E-state index contributed by atoms with van der Waals surface area (Å²) in [5.74, 6) is 0.711. The lowest BCUT2D eigenvalue weighted by atomic mass is 10.1. The minimum Gasteiger partial charge on any atom is -0.495 e. The summed E-state index contributed by atoms with van der Waals surface area (Å²) in [5, 5.41) is 8.83. The van der Waals surface area contributed by atoms with Crippen LogP contribution in [0.2, 0.25) is 0 Å². The van der Waals surface area contributed by atoms with E-state index in [0.29, 0.717) is 17.8 Å². The third-order valence-corrected chi connectivity index (χ3v) is 6.80. The molecule has 1 heterocycles. The van der Waals surface area contributed by atoms with E-state index in [1.165, 1.54) is 0 Å². The van der Waals surface area contributed by atoms with Gasteiger partial charge in [-0.25, -0.2) is 4.79 Å². The molecule has 200 valence electrons. The Bertz CT molecular complexity index is 1260. The fraction of sp³-hybridized carbons (Fsp3) is 0.333. The lowest BCUT2D eigenvalue weighted by molar-refractivity contribution is 0.0954. The summed E-state index contributed by atoms with van der Waals surface area (Å²) in [6.07, 6.45) is 0.842. The van der Waals surface area contributed by atoms with Crippen molar-refractivity contribution in [2.75, 3.05) is 60.3 Å². The minimum absolute atomic E-state index is 0.146. The van der Waals surface area contributed by atoms with E-state index in [-0.39, 0.29) is 11.9 Å². The van der Waals surface area contributed by atoms with E-state index in [0.717, 1.165) is 66.5 Å². The molecule has 0 spiro atoms. The molecule has 0 saturated carbocycles. The van der Waals surface area contributed by atoms with Crippen LogP contribution in [-0.2, 0) is 0 Å². The molecule has 0 atom stereocenters. The number of hydrogen-bond donors (Lipinski definition) is 3. The molecule has 4 rings (SSSR count). The number of hydrogen-bond acceptors (Lipinski definition) is 5. The van der Waals surface area contributed by atoms with Gasteiger partial charge < -0.3 is 30.5 Å². The predicted octanol–water partition coefficient (Wildman–Crippen LogP) is 5.42. The van der Waals surface area contributed by atoms with Gasteiger partial charge in [-0.05, 0) is 61.7 Å². The Morgan fingerprint density at radius 3 is 2.16 bits per heavy atom. The van der Waals surface area contributed by atoms with E-state index >= 15 is 0 Å². The Labute approximate surface area is 225 Å². The number of aryl methyl sites for hydroxylation is 2. The van der Waals surface area contributed by atoms with Crippen molar-refractivity contribution in [1.82, 2.24) is 5.32 Å². The number of para-hydroxylation sites is 3. The standard InChI is InChI=1S/C30H37N5O3/c1-5-15-31-29(36)24-20-23(32-30(37)33-28-21(2)9-8-10-22(28)3)13-14-25(24)34-16-18-35(19-17-34)26-11-6-7-12-27(26)38-4/h6-14,20H,5,15-19H2,1-4H3,(H,31,36)(H2,32,33,37). The van der Waals surface area contributed by atoms with Crippen LogP contribution in [0.3, 0.4) is 0 Å². The second-order valence-electron chi connectivity index (χ2n) is 9.48. The molecule has 1 fully saturated rings. The van der Waals surface area contributed by atoms with Crippen LogP contribution in [0.1, 0.15) is 34.8 Å². The van der Waals surface area contributed by atoms with E-state index in [4.69, 9.17) is 4.74 Å². The average Bonchev–Trinajstić information content (AvgIpc) is 2.94. The number of carbonyl (C=O) groups is 2. The molecule has 38 heavy (non-hydrogen) atoms. The van der Waals surface area contributed by atoms with Crippen LogP contribution < -0.4 is 30.5 Å². The average molecular weight is 516 g/mol. The third-order valence-electron chi connectivity index (χ3n) is 6.80. The molecule has 3 aromatic carbocycles. The number of amides is 3. The third kappa shape index (κ3) is 6.19. The lowest BCUT2D eigenvalue weighted by Gasteiger charge is -2.38. The van der Waals surface area contributed by atoms with Crippen LogP contribution in [0, 0.1) is 13.8 Å². The van der Waals surface area contributed by atoms with Gasteiger partial charge in [0.05, 0.1) is 18.4 Å². The van der Waals surface area contributed by atoms with Gasteiger partial charge in [0.2, 0.25) is 0 Å². The normalized spacial score (nSPS) is 13.2. The maximum absolute atomic E-state index is 13.2. The van der Waals surface area contributed by atoms with E-state index in [9.17, 15) is 9.59 Å². The largest absolute Gasteiger partial charge is 0.495 e. The number of carbonyl (C=O) groups excluding carboxylic acids is 2. The molecule has 0 aliphatic carbocycles. The van der Waals surface area contributed by atoms with Gasteiger partial charge in [0.25, 0.3) is 5.91 Å². The maximum Gasteiger partial charge on any atom is 0.323 e. The quantitative estimate of drug-likeness (QED) is 0.373. The number of benzene rings is 3. The number of urea groups is 1. The van der Waals surface area contributed by atoms with Crippen LogP contribution in [0.25, 0.3) is 0 Å². The highest BCUT2D eigenvalue weighted by Crippen LogP contribution is 2.31. The maximum atomic E-state index is 13.2. The number of rotatable bonds is 8. The molecule has 3 aromatic rings. The first-order valence-electron chi connectivity index (χ1n) is 13.1. The summed E-state index contributed by atoms with van der Waals surface area (Å²) < 4.78 is 5.55. The smallest absolute Gasteiger partial charge is 0.323 e. The van der Waals surface area contributed by atoms with Gasteiger partial charge in [-0.15, -0.1) is 0 Å². The van der Waals surface area contributed by atoms with Crippen molar-refractivity contribution in [1.29, 1.82) is 0 Å². The van der Waals surface area contributed by atoms with Crippen molar-refractivity contribution in [2.45, 2.75) is 27.2 Å². The molecule has 0 unspecified atom stereocenters. The van der Waals surface area contributed by atoms with Gasteiger partial charge in [-0.3, -0.25) is 4.79 Å². The van der Waals surface area contributed by atoms with Crippen molar-refractivity contribution >= 4 is 34.7 Å². The molecular formula is C30H37N5O3. The lowest BCUT2D eigenvalue weighted by Crippen LogP contribution is -2.47. The van der Waals surface area contributed by atoms with Crippen molar-refractivity contribution in [3.8, 4) is 5.75 Å². The van der Waals surface area contributed by atoms with Crippen LogP contribution in [0.15, 0.2) is 60.7 Å². The molecular weight excluding hydrogens is 478 g/mol. The van der Waals surface area contributed by atoms with Gasteiger partial charge in [0.1, 0.15) is 5.75 Å². The monoisotopic (exact) mass is 515 g/mol. The van der Waals surface area contributed by atoms with Crippen molar-refractivity contribution in [2.24, 2.45) is 0 Å². The van der Waals surface area contributed by atoms with E-state index in [1.54, 1.807) is 13.2 Å². The number of anilines is 4. The van der Waals surface area contributed by atoms with E-state index < -0.39 is 0 Å². The highest BCUT2D eigenvalue weighted by Gasteiger charge is 2.24.